The van der Waals surface area contributed by atoms with Crippen molar-refractivity contribution in [3.8, 4) is 0 Å². The molecule has 1 aliphatic heterocycles. The molecule has 0 radical (unpaired) electrons. The van der Waals surface area contributed by atoms with Gasteiger partial charge in [0.1, 0.15) is 0 Å². The van der Waals surface area contributed by atoms with Gasteiger partial charge in [-0.1, -0.05) is 6.08 Å². The second-order valence-corrected chi connectivity index (χ2v) is 4.63. The molecule has 0 bridgehead atoms. The van der Waals surface area contributed by atoms with Crippen LogP contribution in [0.25, 0.3) is 0 Å². The van der Waals surface area contributed by atoms with E-state index in [-0.39, 0.29) is 5.91 Å². The number of hydrogen-bond donors (Lipinski definition) is 1. The minimum absolute atomic E-state index is 0.102. The SMILES string of the molecule is C=CCN(CCOC)C(=O)C1(CN)CCOCC1. The average Bonchev–Trinajstić information content (AvgIpc) is 2.43. The second kappa shape index (κ2) is 7.51. The molecule has 104 valence electrons. The third-order valence-electron chi connectivity index (χ3n) is 3.50. The van der Waals surface area contributed by atoms with Crippen molar-refractivity contribution >= 4 is 5.91 Å². The highest BCUT2D eigenvalue weighted by atomic mass is 16.5. The molecule has 1 rings (SSSR count). The number of nitrogens with zero attached hydrogens (tertiary/aromatic N) is 1. The Morgan fingerprint density at radius 3 is 2.72 bits per heavy atom. The van der Waals surface area contributed by atoms with E-state index in [1.165, 1.54) is 0 Å². The fourth-order valence-corrected chi connectivity index (χ4v) is 2.24. The van der Waals surface area contributed by atoms with Crippen LogP contribution in [0, 0.1) is 5.41 Å². The van der Waals surface area contributed by atoms with Gasteiger partial charge in [0, 0.05) is 40.0 Å². The number of amides is 1. The monoisotopic (exact) mass is 256 g/mol. The number of rotatable bonds is 7. The zero-order valence-corrected chi connectivity index (χ0v) is 11.2. The van der Waals surface area contributed by atoms with Crippen molar-refractivity contribution in [1.29, 1.82) is 0 Å². The van der Waals surface area contributed by atoms with Gasteiger partial charge in [0.05, 0.1) is 12.0 Å². The Labute approximate surface area is 109 Å². The van der Waals surface area contributed by atoms with Crippen LogP contribution in [0.2, 0.25) is 0 Å². The van der Waals surface area contributed by atoms with E-state index in [1.54, 1.807) is 18.1 Å². The lowest BCUT2D eigenvalue weighted by atomic mass is 9.79. The summed E-state index contributed by atoms with van der Waals surface area (Å²) in [6, 6.07) is 0. The van der Waals surface area contributed by atoms with E-state index in [9.17, 15) is 4.79 Å². The van der Waals surface area contributed by atoms with Gasteiger partial charge in [-0.2, -0.15) is 0 Å². The molecular weight excluding hydrogens is 232 g/mol. The maximum absolute atomic E-state index is 12.6. The molecule has 1 saturated heterocycles. The van der Waals surface area contributed by atoms with E-state index in [2.05, 4.69) is 6.58 Å². The van der Waals surface area contributed by atoms with Crippen molar-refractivity contribution in [2.45, 2.75) is 12.8 Å². The summed E-state index contributed by atoms with van der Waals surface area (Å²) < 4.78 is 10.4. The van der Waals surface area contributed by atoms with Gasteiger partial charge < -0.3 is 20.1 Å². The minimum atomic E-state index is -0.463. The summed E-state index contributed by atoms with van der Waals surface area (Å²) in [4.78, 5) is 14.4. The van der Waals surface area contributed by atoms with Crippen LogP contribution in [0.5, 0.6) is 0 Å². The second-order valence-electron chi connectivity index (χ2n) is 4.63. The molecule has 5 heteroatoms. The van der Waals surface area contributed by atoms with E-state index in [0.717, 1.165) is 0 Å². The number of hydrogen-bond acceptors (Lipinski definition) is 4. The van der Waals surface area contributed by atoms with Crippen molar-refractivity contribution in [1.82, 2.24) is 4.90 Å². The van der Waals surface area contributed by atoms with Gasteiger partial charge in [0.2, 0.25) is 5.91 Å². The van der Waals surface area contributed by atoms with Gasteiger partial charge in [-0.25, -0.2) is 0 Å². The highest BCUT2D eigenvalue weighted by Gasteiger charge is 2.41. The molecule has 0 atom stereocenters. The number of carbonyl (C=O) groups excluding carboxylic acids is 1. The van der Waals surface area contributed by atoms with Crippen LogP contribution in [-0.4, -0.2) is 57.4 Å². The first-order chi connectivity index (χ1) is 8.70. The van der Waals surface area contributed by atoms with Crippen LogP contribution >= 0.6 is 0 Å². The average molecular weight is 256 g/mol. The molecule has 0 spiro atoms. The quantitative estimate of drug-likeness (QED) is 0.670. The molecule has 0 aromatic rings. The van der Waals surface area contributed by atoms with E-state index in [1.807, 2.05) is 0 Å². The molecule has 0 unspecified atom stereocenters. The van der Waals surface area contributed by atoms with Gasteiger partial charge in [0.25, 0.3) is 0 Å². The van der Waals surface area contributed by atoms with Crippen LogP contribution in [0.3, 0.4) is 0 Å². The van der Waals surface area contributed by atoms with Gasteiger partial charge in [-0.3, -0.25) is 4.79 Å². The smallest absolute Gasteiger partial charge is 0.230 e. The van der Waals surface area contributed by atoms with Crippen LogP contribution < -0.4 is 5.73 Å². The van der Waals surface area contributed by atoms with Gasteiger partial charge in [0.15, 0.2) is 0 Å². The zero-order chi connectivity index (χ0) is 13.4. The topological polar surface area (TPSA) is 64.8 Å². The molecule has 1 fully saturated rings. The highest BCUT2D eigenvalue weighted by molar-refractivity contribution is 5.83. The lowest BCUT2D eigenvalue weighted by Crippen LogP contribution is -2.51. The summed E-state index contributed by atoms with van der Waals surface area (Å²) in [7, 11) is 1.63. The molecule has 1 amide bonds. The Morgan fingerprint density at radius 1 is 1.56 bits per heavy atom. The molecule has 1 heterocycles. The number of nitrogens with two attached hydrogens (primary N) is 1. The maximum Gasteiger partial charge on any atom is 0.230 e. The third kappa shape index (κ3) is 3.54. The molecule has 2 N–H and O–H groups in total. The first-order valence-corrected chi connectivity index (χ1v) is 6.37. The Balaban J connectivity index is 2.74. The number of ether oxygens (including phenoxy) is 2. The van der Waals surface area contributed by atoms with E-state index in [4.69, 9.17) is 15.2 Å². The van der Waals surface area contributed by atoms with E-state index in [0.29, 0.717) is 52.3 Å². The van der Waals surface area contributed by atoms with Gasteiger partial charge in [-0.15, -0.1) is 6.58 Å². The van der Waals surface area contributed by atoms with Crippen molar-refractivity contribution in [2.75, 3.05) is 46.6 Å². The van der Waals surface area contributed by atoms with Crippen molar-refractivity contribution < 1.29 is 14.3 Å². The highest BCUT2D eigenvalue weighted by Crippen LogP contribution is 2.31. The zero-order valence-electron chi connectivity index (χ0n) is 11.2. The van der Waals surface area contributed by atoms with Crippen LogP contribution in [0.1, 0.15) is 12.8 Å². The first-order valence-electron chi connectivity index (χ1n) is 6.37. The summed E-state index contributed by atoms with van der Waals surface area (Å²) in [5.74, 6) is 0.102. The summed E-state index contributed by atoms with van der Waals surface area (Å²) >= 11 is 0. The largest absolute Gasteiger partial charge is 0.383 e. The van der Waals surface area contributed by atoms with Crippen LogP contribution in [0.15, 0.2) is 12.7 Å². The lowest BCUT2D eigenvalue weighted by Gasteiger charge is -2.38. The first kappa shape index (κ1) is 15.1. The number of carbonyl (C=O) groups is 1. The molecule has 0 aromatic carbocycles. The maximum atomic E-state index is 12.6. The van der Waals surface area contributed by atoms with Gasteiger partial charge >= 0.3 is 0 Å². The molecular formula is C13H24N2O3. The standard InChI is InChI=1S/C13H24N2O3/c1-3-6-15(7-10-17-2)12(16)13(11-14)4-8-18-9-5-13/h3H,1,4-11,14H2,2H3. The fraction of sp³-hybridized carbons (Fsp3) is 0.769. The Morgan fingerprint density at radius 2 is 2.22 bits per heavy atom. The van der Waals surface area contributed by atoms with Crippen LogP contribution in [-0.2, 0) is 14.3 Å². The summed E-state index contributed by atoms with van der Waals surface area (Å²) in [6.07, 6.45) is 3.13. The summed E-state index contributed by atoms with van der Waals surface area (Å²) in [5, 5.41) is 0. The number of methoxy groups -OCH3 is 1. The van der Waals surface area contributed by atoms with Gasteiger partial charge in [-0.05, 0) is 12.8 Å². The Hall–Kier alpha value is -0.910. The normalized spacial score (nSPS) is 18.3. The molecule has 0 saturated carbocycles. The summed E-state index contributed by atoms with van der Waals surface area (Å²) in [5.41, 5.74) is 5.38. The Bertz CT molecular complexity index is 275. The minimum Gasteiger partial charge on any atom is -0.383 e. The lowest BCUT2D eigenvalue weighted by molar-refractivity contribution is -0.147. The molecule has 5 nitrogen and oxygen atoms in total. The van der Waals surface area contributed by atoms with Crippen LogP contribution in [0.4, 0.5) is 0 Å². The molecule has 1 aliphatic rings. The summed E-state index contributed by atoms with van der Waals surface area (Å²) in [6.45, 7) is 6.91. The molecule has 0 aromatic heterocycles. The van der Waals surface area contributed by atoms with Crippen molar-refractivity contribution in [3.63, 3.8) is 0 Å². The predicted molar refractivity (Wildman–Crippen MR) is 70.2 cm³/mol. The molecule has 0 aliphatic carbocycles. The Kier molecular flexibility index (Phi) is 6.32. The molecule has 18 heavy (non-hydrogen) atoms. The predicted octanol–water partition coefficient (Wildman–Crippen LogP) is 0.403. The van der Waals surface area contributed by atoms with E-state index < -0.39 is 5.41 Å². The fourth-order valence-electron chi connectivity index (χ4n) is 2.24. The van der Waals surface area contributed by atoms with E-state index >= 15 is 0 Å². The van der Waals surface area contributed by atoms with Crippen molar-refractivity contribution in [2.24, 2.45) is 11.1 Å². The van der Waals surface area contributed by atoms with Crippen molar-refractivity contribution in [3.05, 3.63) is 12.7 Å². The third-order valence-corrected chi connectivity index (χ3v) is 3.50.